The van der Waals surface area contributed by atoms with E-state index in [4.69, 9.17) is 0 Å². The lowest BCUT2D eigenvalue weighted by atomic mass is 10.2. The van der Waals surface area contributed by atoms with Crippen molar-refractivity contribution in [3.63, 3.8) is 0 Å². The number of hydrogen-bond donors (Lipinski definition) is 0. The summed E-state index contributed by atoms with van der Waals surface area (Å²) in [4.78, 5) is 13.3. The van der Waals surface area contributed by atoms with Gasteiger partial charge in [-0.3, -0.25) is 4.79 Å². The SMILES string of the molecule is CCN(CC)C(=O)C=CCCCCI. The van der Waals surface area contributed by atoms with Gasteiger partial charge in [-0.05, 0) is 43.6 Å². The molecule has 0 aliphatic carbocycles. The van der Waals surface area contributed by atoms with Gasteiger partial charge in [0.2, 0.25) is 5.91 Å². The first-order valence-corrected chi connectivity index (χ1v) is 6.80. The van der Waals surface area contributed by atoms with Crippen LogP contribution >= 0.6 is 22.6 Å². The highest BCUT2D eigenvalue weighted by Gasteiger charge is 2.03. The van der Waals surface area contributed by atoms with Crippen molar-refractivity contribution in [3.05, 3.63) is 12.2 Å². The molecule has 0 aromatic carbocycles. The smallest absolute Gasteiger partial charge is 0.246 e. The van der Waals surface area contributed by atoms with Crippen molar-refractivity contribution < 1.29 is 4.79 Å². The minimum atomic E-state index is 0.143. The molecule has 1 amide bonds. The fourth-order valence-electron chi connectivity index (χ4n) is 1.18. The van der Waals surface area contributed by atoms with Crippen molar-refractivity contribution in [3.8, 4) is 0 Å². The zero-order valence-corrected chi connectivity index (χ0v) is 11.3. The lowest BCUT2D eigenvalue weighted by Crippen LogP contribution is -2.28. The van der Waals surface area contributed by atoms with E-state index >= 15 is 0 Å². The molecule has 0 fully saturated rings. The van der Waals surface area contributed by atoms with Crippen LogP contribution in [0, 0.1) is 0 Å². The van der Waals surface area contributed by atoms with Gasteiger partial charge in [0.1, 0.15) is 0 Å². The number of likely N-dealkylation sites (N-methyl/N-ethyl adjacent to an activating group) is 1. The molecule has 0 saturated carbocycles. The van der Waals surface area contributed by atoms with E-state index in [1.54, 1.807) is 6.08 Å². The van der Waals surface area contributed by atoms with Crippen LogP contribution in [0.1, 0.15) is 33.1 Å². The molecule has 0 rings (SSSR count). The maximum absolute atomic E-state index is 11.5. The monoisotopic (exact) mass is 309 g/mol. The molecule has 2 nitrogen and oxygen atoms in total. The fourth-order valence-corrected chi connectivity index (χ4v) is 1.72. The van der Waals surface area contributed by atoms with Gasteiger partial charge in [-0.2, -0.15) is 0 Å². The summed E-state index contributed by atoms with van der Waals surface area (Å²) in [6.07, 6.45) is 7.15. The zero-order chi connectivity index (χ0) is 10.8. The number of halogens is 1. The predicted octanol–water partition coefficient (Wildman–Crippen LogP) is 3.02. The summed E-state index contributed by atoms with van der Waals surface area (Å²) in [7, 11) is 0. The highest BCUT2D eigenvalue weighted by Crippen LogP contribution is 2.00. The van der Waals surface area contributed by atoms with Crippen LogP contribution in [0.25, 0.3) is 0 Å². The number of carbonyl (C=O) groups is 1. The number of nitrogens with zero attached hydrogens (tertiary/aromatic N) is 1. The summed E-state index contributed by atoms with van der Waals surface area (Å²) in [5.41, 5.74) is 0. The molecule has 0 heterocycles. The second-order valence-corrected chi connectivity index (χ2v) is 4.18. The van der Waals surface area contributed by atoms with E-state index in [-0.39, 0.29) is 5.91 Å². The van der Waals surface area contributed by atoms with E-state index in [1.807, 2.05) is 24.8 Å². The first kappa shape index (κ1) is 13.9. The number of hydrogen-bond acceptors (Lipinski definition) is 1. The van der Waals surface area contributed by atoms with Gasteiger partial charge in [0.15, 0.2) is 0 Å². The molecule has 0 saturated heterocycles. The van der Waals surface area contributed by atoms with Crippen molar-refractivity contribution in [1.29, 1.82) is 0 Å². The minimum Gasteiger partial charge on any atom is -0.340 e. The average Bonchev–Trinajstić information content (AvgIpc) is 2.19. The second kappa shape index (κ2) is 9.49. The first-order chi connectivity index (χ1) is 6.76. The van der Waals surface area contributed by atoms with Gasteiger partial charge in [-0.1, -0.05) is 28.7 Å². The Kier molecular flexibility index (Phi) is 9.45. The molecule has 0 aliphatic rings. The topological polar surface area (TPSA) is 20.3 Å². The molecule has 82 valence electrons. The van der Waals surface area contributed by atoms with Gasteiger partial charge < -0.3 is 4.90 Å². The van der Waals surface area contributed by atoms with E-state index in [0.717, 1.165) is 19.5 Å². The Morgan fingerprint density at radius 2 is 1.93 bits per heavy atom. The van der Waals surface area contributed by atoms with Crippen LogP contribution in [0.15, 0.2) is 12.2 Å². The summed E-state index contributed by atoms with van der Waals surface area (Å²) in [6, 6.07) is 0. The summed E-state index contributed by atoms with van der Waals surface area (Å²) in [6.45, 7) is 5.61. The van der Waals surface area contributed by atoms with Crippen LogP contribution < -0.4 is 0 Å². The van der Waals surface area contributed by atoms with Crippen LogP contribution in [0.5, 0.6) is 0 Å². The number of allylic oxidation sites excluding steroid dienone is 1. The van der Waals surface area contributed by atoms with Crippen molar-refractivity contribution >= 4 is 28.5 Å². The molecular formula is C11H20INO. The largest absolute Gasteiger partial charge is 0.340 e. The van der Waals surface area contributed by atoms with Crippen molar-refractivity contribution in [2.75, 3.05) is 17.5 Å². The number of carbonyl (C=O) groups excluding carboxylic acids is 1. The third-order valence-electron chi connectivity index (χ3n) is 2.09. The molecule has 0 unspecified atom stereocenters. The Morgan fingerprint density at radius 3 is 2.43 bits per heavy atom. The summed E-state index contributed by atoms with van der Waals surface area (Å²) >= 11 is 2.38. The third-order valence-corrected chi connectivity index (χ3v) is 2.85. The van der Waals surface area contributed by atoms with Crippen LogP contribution in [-0.4, -0.2) is 28.3 Å². The quantitative estimate of drug-likeness (QED) is 0.306. The standard InChI is InChI=1S/C11H20INO/c1-3-13(4-2)11(14)9-7-5-6-8-10-12/h7,9H,3-6,8,10H2,1-2H3. The second-order valence-electron chi connectivity index (χ2n) is 3.10. The maximum Gasteiger partial charge on any atom is 0.246 e. The molecule has 3 heteroatoms. The van der Waals surface area contributed by atoms with Crippen LogP contribution in [0.4, 0.5) is 0 Å². The molecular weight excluding hydrogens is 289 g/mol. The average molecular weight is 309 g/mol. The first-order valence-electron chi connectivity index (χ1n) is 5.27. The Labute approximate surface area is 101 Å². The molecule has 0 aromatic heterocycles. The minimum absolute atomic E-state index is 0.143. The molecule has 14 heavy (non-hydrogen) atoms. The highest BCUT2D eigenvalue weighted by molar-refractivity contribution is 14.1. The normalized spacial score (nSPS) is 10.8. The Hall–Kier alpha value is -0.0600. The van der Waals surface area contributed by atoms with Crippen LogP contribution in [-0.2, 0) is 4.79 Å². The Balaban J connectivity index is 3.69. The molecule has 0 bridgehead atoms. The van der Waals surface area contributed by atoms with Gasteiger partial charge in [0, 0.05) is 13.1 Å². The molecule has 0 aliphatic heterocycles. The highest BCUT2D eigenvalue weighted by atomic mass is 127. The Morgan fingerprint density at radius 1 is 1.29 bits per heavy atom. The third kappa shape index (κ3) is 6.40. The van der Waals surface area contributed by atoms with E-state index in [9.17, 15) is 4.79 Å². The summed E-state index contributed by atoms with van der Waals surface area (Å²) in [5, 5.41) is 0. The molecule has 0 N–H and O–H groups in total. The maximum atomic E-state index is 11.5. The molecule has 0 atom stereocenters. The number of rotatable bonds is 7. The van der Waals surface area contributed by atoms with E-state index < -0.39 is 0 Å². The zero-order valence-electron chi connectivity index (χ0n) is 9.13. The van der Waals surface area contributed by atoms with E-state index in [0.29, 0.717) is 0 Å². The van der Waals surface area contributed by atoms with Crippen LogP contribution in [0.3, 0.4) is 0 Å². The lowest BCUT2D eigenvalue weighted by molar-refractivity contribution is -0.125. The molecule has 0 radical (unpaired) electrons. The predicted molar refractivity (Wildman–Crippen MR) is 69.8 cm³/mol. The van der Waals surface area contributed by atoms with Crippen molar-refractivity contribution in [1.82, 2.24) is 4.90 Å². The fraction of sp³-hybridized carbons (Fsp3) is 0.727. The van der Waals surface area contributed by atoms with E-state index in [1.165, 1.54) is 17.3 Å². The summed E-state index contributed by atoms with van der Waals surface area (Å²) in [5.74, 6) is 0.143. The van der Waals surface area contributed by atoms with Crippen LogP contribution in [0.2, 0.25) is 0 Å². The van der Waals surface area contributed by atoms with Gasteiger partial charge in [-0.15, -0.1) is 0 Å². The Bertz CT molecular complexity index is 176. The van der Waals surface area contributed by atoms with Gasteiger partial charge >= 0.3 is 0 Å². The van der Waals surface area contributed by atoms with Crippen molar-refractivity contribution in [2.45, 2.75) is 33.1 Å². The van der Waals surface area contributed by atoms with Gasteiger partial charge in [0.25, 0.3) is 0 Å². The summed E-state index contributed by atoms with van der Waals surface area (Å²) < 4.78 is 1.20. The number of alkyl halides is 1. The van der Waals surface area contributed by atoms with E-state index in [2.05, 4.69) is 22.6 Å². The molecule has 0 spiro atoms. The van der Waals surface area contributed by atoms with Crippen molar-refractivity contribution in [2.24, 2.45) is 0 Å². The number of amides is 1. The van der Waals surface area contributed by atoms with Gasteiger partial charge in [-0.25, -0.2) is 0 Å². The lowest BCUT2D eigenvalue weighted by Gasteiger charge is -2.15. The number of unbranched alkanes of at least 4 members (excludes halogenated alkanes) is 2. The molecule has 0 aromatic rings. The van der Waals surface area contributed by atoms with Gasteiger partial charge in [0.05, 0.1) is 0 Å².